The Labute approximate surface area is 365 Å². The second-order valence-corrected chi connectivity index (χ2v) is 16.0. The maximum atomic E-state index is 7.11. The SMILES string of the molecule is c1ccc(-c2ccc(N(c3cccc4oc5cc(-c6ccccc6)ccc5c34)c3ccc(-c4ccccc4)c4oc5cc(-c6ccccc6)ccc5c34)c(-c3ccccc3)c2)cc1. The van der Waals surface area contributed by atoms with Gasteiger partial charge in [-0.15, -0.1) is 0 Å². The lowest BCUT2D eigenvalue weighted by Crippen LogP contribution is -2.12. The van der Waals surface area contributed by atoms with E-state index in [0.29, 0.717) is 0 Å². The Balaban J connectivity index is 1.18. The smallest absolute Gasteiger partial charge is 0.145 e. The summed E-state index contributed by atoms with van der Waals surface area (Å²) in [5.74, 6) is 0. The molecule has 2 heterocycles. The van der Waals surface area contributed by atoms with Gasteiger partial charge in [0.25, 0.3) is 0 Å². The van der Waals surface area contributed by atoms with Crippen molar-refractivity contribution in [1.82, 2.24) is 0 Å². The van der Waals surface area contributed by atoms with Crippen LogP contribution < -0.4 is 4.90 Å². The highest BCUT2D eigenvalue weighted by molar-refractivity contribution is 6.21. The zero-order valence-electron chi connectivity index (χ0n) is 34.3. The fourth-order valence-corrected chi connectivity index (χ4v) is 9.29. The number of anilines is 3. The Kier molecular flexibility index (Phi) is 8.83. The van der Waals surface area contributed by atoms with Crippen LogP contribution in [-0.2, 0) is 0 Å². The topological polar surface area (TPSA) is 29.5 Å². The van der Waals surface area contributed by atoms with Crippen LogP contribution in [0.4, 0.5) is 17.1 Å². The van der Waals surface area contributed by atoms with Crippen molar-refractivity contribution in [3.8, 4) is 55.6 Å². The Hall–Kier alpha value is -8.40. The van der Waals surface area contributed by atoms with Gasteiger partial charge in [0.15, 0.2) is 0 Å². The van der Waals surface area contributed by atoms with E-state index in [2.05, 4.69) is 241 Å². The zero-order chi connectivity index (χ0) is 41.7. The molecule has 3 heteroatoms. The van der Waals surface area contributed by atoms with Gasteiger partial charge in [-0.2, -0.15) is 0 Å². The van der Waals surface area contributed by atoms with Crippen LogP contribution in [0.3, 0.4) is 0 Å². The molecular formula is C60H39NO2. The van der Waals surface area contributed by atoms with Gasteiger partial charge >= 0.3 is 0 Å². The minimum Gasteiger partial charge on any atom is -0.456 e. The van der Waals surface area contributed by atoms with Crippen molar-refractivity contribution >= 4 is 60.9 Å². The predicted molar refractivity (Wildman–Crippen MR) is 263 cm³/mol. The van der Waals surface area contributed by atoms with Crippen LogP contribution in [0.15, 0.2) is 245 Å². The van der Waals surface area contributed by atoms with E-state index in [4.69, 9.17) is 8.83 Å². The van der Waals surface area contributed by atoms with Crippen molar-refractivity contribution in [3.05, 3.63) is 237 Å². The van der Waals surface area contributed by atoms with E-state index in [0.717, 1.165) is 117 Å². The highest BCUT2D eigenvalue weighted by atomic mass is 16.3. The molecular weight excluding hydrogens is 767 g/mol. The molecule has 0 aliphatic heterocycles. The van der Waals surface area contributed by atoms with Gasteiger partial charge in [0, 0.05) is 21.9 Å². The summed E-state index contributed by atoms with van der Waals surface area (Å²) in [5, 5.41) is 4.17. The van der Waals surface area contributed by atoms with Crippen LogP contribution in [0.1, 0.15) is 0 Å². The van der Waals surface area contributed by atoms with E-state index < -0.39 is 0 Å². The Bertz CT molecular complexity index is 3590. The second-order valence-electron chi connectivity index (χ2n) is 16.0. The molecule has 296 valence electrons. The highest BCUT2D eigenvalue weighted by Crippen LogP contribution is 2.51. The zero-order valence-corrected chi connectivity index (χ0v) is 34.3. The molecule has 0 fully saturated rings. The normalized spacial score (nSPS) is 11.5. The summed E-state index contributed by atoms with van der Waals surface area (Å²) >= 11 is 0. The molecule has 2 aromatic heterocycles. The molecule has 0 saturated heterocycles. The Morgan fingerprint density at radius 3 is 1.27 bits per heavy atom. The molecule has 3 nitrogen and oxygen atoms in total. The summed E-state index contributed by atoms with van der Waals surface area (Å²) in [6.45, 7) is 0. The molecule has 0 saturated carbocycles. The van der Waals surface area contributed by atoms with E-state index >= 15 is 0 Å². The molecule has 12 rings (SSSR count). The third kappa shape index (κ3) is 6.38. The molecule has 0 aliphatic carbocycles. The van der Waals surface area contributed by atoms with Gasteiger partial charge in [0.1, 0.15) is 22.3 Å². The maximum Gasteiger partial charge on any atom is 0.145 e. The summed E-state index contributed by atoms with van der Waals surface area (Å²) in [6, 6.07) is 83.9. The van der Waals surface area contributed by atoms with Crippen LogP contribution in [-0.4, -0.2) is 0 Å². The first kappa shape index (κ1) is 36.5. The summed E-state index contributed by atoms with van der Waals surface area (Å²) in [7, 11) is 0. The van der Waals surface area contributed by atoms with E-state index in [9.17, 15) is 0 Å². The monoisotopic (exact) mass is 805 g/mol. The molecule has 0 amide bonds. The molecule has 0 atom stereocenters. The fraction of sp³-hybridized carbons (Fsp3) is 0. The number of rotatable bonds is 8. The minimum absolute atomic E-state index is 0.821. The standard InChI is InChI=1S/C60H39NO2/c1-6-17-40(18-7-1)45-31-35-52(51(37-45)44-25-14-5-15-26-44)61(53-27-16-28-55-58(53)49-32-29-46(38-56(49)62-55)41-19-8-2-9-20-41)54-36-34-48(43-23-12-4-13-24-43)60-59(54)50-33-30-47(39-57(50)63-60)42-21-10-3-11-22-42/h1-39H. The average Bonchev–Trinajstić information content (AvgIpc) is 3.94. The van der Waals surface area contributed by atoms with Crippen LogP contribution in [0.25, 0.3) is 99.5 Å². The lowest BCUT2D eigenvalue weighted by Gasteiger charge is -2.30. The predicted octanol–water partition coefficient (Wildman–Crippen LogP) is 17.3. The Morgan fingerprint density at radius 1 is 0.254 bits per heavy atom. The van der Waals surface area contributed by atoms with E-state index in [-0.39, 0.29) is 0 Å². The maximum absolute atomic E-state index is 7.11. The number of nitrogens with zero attached hydrogens (tertiary/aromatic N) is 1. The van der Waals surface area contributed by atoms with Crippen molar-refractivity contribution < 1.29 is 8.83 Å². The largest absolute Gasteiger partial charge is 0.456 e. The first-order chi connectivity index (χ1) is 31.2. The first-order valence-electron chi connectivity index (χ1n) is 21.4. The van der Waals surface area contributed by atoms with Crippen molar-refractivity contribution in [3.63, 3.8) is 0 Å². The molecule has 0 bridgehead atoms. The summed E-state index contributed by atoms with van der Waals surface area (Å²) in [4.78, 5) is 2.44. The lowest BCUT2D eigenvalue weighted by molar-refractivity contribution is 0.669. The molecule has 0 spiro atoms. The molecule has 12 aromatic rings. The molecule has 10 aromatic carbocycles. The lowest BCUT2D eigenvalue weighted by atomic mass is 9.94. The first-order valence-corrected chi connectivity index (χ1v) is 21.4. The van der Waals surface area contributed by atoms with Gasteiger partial charge in [0.05, 0.1) is 27.8 Å². The van der Waals surface area contributed by atoms with Gasteiger partial charge in [-0.05, 0) is 105 Å². The molecule has 0 N–H and O–H groups in total. The van der Waals surface area contributed by atoms with E-state index in [1.54, 1.807) is 0 Å². The van der Waals surface area contributed by atoms with Gasteiger partial charge in [-0.25, -0.2) is 0 Å². The average molecular weight is 806 g/mol. The summed E-state index contributed by atoms with van der Waals surface area (Å²) in [6.07, 6.45) is 0. The van der Waals surface area contributed by atoms with Crippen molar-refractivity contribution in [2.75, 3.05) is 4.90 Å². The van der Waals surface area contributed by atoms with Gasteiger partial charge in [0.2, 0.25) is 0 Å². The number of hydrogen-bond acceptors (Lipinski definition) is 3. The molecule has 0 aliphatic rings. The number of furan rings is 2. The number of fused-ring (bicyclic) bond motifs is 6. The minimum atomic E-state index is 0.821. The van der Waals surface area contributed by atoms with E-state index in [1.165, 1.54) is 0 Å². The molecule has 0 radical (unpaired) electrons. The van der Waals surface area contributed by atoms with Crippen molar-refractivity contribution in [1.29, 1.82) is 0 Å². The summed E-state index contributed by atoms with van der Waals surface area (Å²) in [5.41, 5.74) is 17.5. The number of hydrogen-bond donors (Lipinski definition) is 0. The Morgan fingerprint density at radius 2 is 0.698 bits per heavy atom. The fourth-order valence-electron chi connectivity index (χ4n) is 9.29. The van der Waals surface area contributed by atoms with Gasteiger partial charge < -0.3 is 13.7 Å². The van der Waals surface area contributed by atoms with Crippen LogP contribution in [0.2, 0.25) is 0 Å². The third-order valence-electron chi connectivity index (χ3n) is 12.3. The van der Waals surface area contributed by atoms with E-state index in [1.807, 2.05) is 0 Å². The van der Waals surface area contributed by atoms with Crippen LogP contribution in [0, 0.1) is 0 Å². The second kappa shape index (κ2) is 15.3. The van der Waals surface area contributed by atoms with Gasteiger partial charge in [-0.3, -0.25) is 0 Å². The van der Waals surface area contributed by atoms with Crippen LogP contribution in [0.5, 0.6) is 0 Å². The van der Waals surface area contributed by atoms with Crippen molar-refractivity contribution in [2.24, 2.45) is 0 Å². The third-order valence-corrected chi connectivity index (χ3v) is 12.3. The summed E-state index contributed by atoms with van der Waals surface area (Å²) < 4.78 is 13.9. The highest BCUT2D eigenvalue weighted by Gasteiger charge is 2.27. The van der Waals surface area contributed by atoms with Crippen molar-refractivity contribution in [2.45, 2.75) is 0 Å². The quantitative estimate of drug-likeness (QED) is 0.153. The molecule has 63 heavy (non-hydrogen) atoms. The van der Waals surface area contributed by atoms with Crippen LogP contribution >= 0.6 is 0 Å². The molecule has 0 unspecified atom stereocenters. The van der Waals surface area contributed by atoms with Gasteiger partial charge in [-0.1, -0.05) is 176 Å². The number of benzene rings is 10.